The number of hydrogen-bond donors (Lipinski definition) is 3. The summed E-state index contributed by atoms with van der Waals surface area (Å²) in [7, 11) is 4.04. The van der Waals surface area contributed by atoms with Crippen molar-refractivity contribution in [1.82, 2.24) is 24.4 Å². The van der Waals surface area contributed by atoms with Crippen molar-refractivity contribution in [3.05, 3.63) is 18.5 Å². The summed E-state index contributed by atoms with van der Waals surface area (Å²) in [6, 6.07) is 0.140. The molecule has 2 aromatic rings. The number of likely N-dealkylation sites (N-methyl/N-ethyl adjacent to an activating group) is 1. The van der Waals surface area contributed by atoms with Gasteiger partial charge in [0.25, 0.3) is 0 Å². The van der Waals surface area contributed by atoms with Gasteiger partial charge < -0.3 is 25.6 Å². The number of allylic oxidation sites excluding steroid dienone is 1. The fraction of sp³-hybridized carbons (Fsp3) is 0.533. The number of fused-ring (bicyclic) bond motifs is 1. The molecule has 3 rings (SSSR count). The number of nitrogens with zero attached hydrogens (tertiary/aromatic N) is 5. The second-order valence-electron chi connectivity index (χ2n) is 6.12. The van der Waals surface area contributed by atoms with E-state index in [4.69, 9.17) is 5.73 Å². The molecular weight excluding hydrogens is 294 g/mol. The smallest absolute Gasteiger partial charge is 0.224 e. The third kappa shape index (κ3) is 3.27. The predicted octanol–water partition coefficient (Wildman–Crippen LogP) is 0.492. The molecule has 0 aromatic carbocycles. The second-order valence-corrected chi connectivity index (χ2v) is 6.12. The number of anilines is 2. The maximum atomic E-state index is 9.29. The molecule has 0 amide bonds. The number of hydrogen-bond acceptors (Lipinski definition) is 7. The molecule has 8 nitrogen and oxygen atoms in total. The molecule has 4 N–H and O–H groups in total. The molecule has 1 aliphatic carbocycles. The Labute approximate surface area is 135 Å². The zero-order valence-corrected chi connectivity index (χ0v) is 13.5. The Hall–Kier alpha value is -2.19. The third-order valence-electron chi connectivity index (χ3n) is 4.03. The Morgan fingerprint density at radius 3 is 2.91 bits per heavy atom. The highest BCUT2D eigenvalue weighted by Crippen LogP contribution is 2.31. The van der Waals surface area contributed by atoms with Gasteiger partial charge in [-0.25, -0.2) is 4.98 Å². The maximum Gasteiger partial charge on any atom is 0.224 e. The lowest BCUT2D eigenvalue weighted by Crippen LogP contribution is -2.21. The summed E-state index contributed by atoms with van der Waals surface area (Å²) in [5.74, 6) is 1.08. The first-order valence-electron chi connectivity index (χ1n) is 7.76. The highest BCUT2D eigenvalue weighted by molar-refractivity contribution is 5.84. The first-order valence-corrected chi connectivity index (χ1v) is 7.76. The van der Waals surface area contributed by atoms with E-state index < -0.39 is 0 Å². The van der Waals surface area contributed by atoms with Crippen LogP contribution in [0.4, 0.5) is 11.8 Å². The SMILES string of the molecule is CN(C)CCNc1nc(N)nc2c1ncn2[C@@H]1C=C[C@H](CO)C1. The van der Waals surface area contributed by atoms with E-state index in [0.717, 1.165) is 30.7 Å². The number of rotatable bonds is 6. The average molecular weight is 317 g/mol. The van der Waals surface area contributed by atoms with Gasteiger partial charge in [-0.05, 0) is 20.5 Å². The van der Waals surface area contributed by atoms with E-state index >= 15 is 0 Å². The molecule has 0 fully saturated rings. The van der Waals surface area contributed by atoms with E-state index in [1.807, 2.05) is 24.7 Å². The number of imidazole rings is 1. The Bertz CT molecular complexity index is 709. The van der Waals surface area contributed by atoms with Crippen LogP contribution in [-0.4, -0.2) is 63.3 Å². The zero-order valence-electron chi connectivity index (χ0n) is 13.5. The van der Waals surface area contributed by atoms with Crippen LogP contribution in [0.15, 0.2) is 18.5 Å². The van der Waals surface area contributed by atoms with Crippen LogP contribution in [0, 0.1) is 5.92 Å². The molecule has 0 spiro atoms. The number of nitrogens with one attached hydrogen (secondary N) is 1. The average Bonchev–Trinajstić information content (AvgIpc) is 3.12. The van der Waals surface area contributed by atoms with E-state index in [9.17, 15) is 5.11 Å². The van der Waals surface area contributed by atoms with Gasteiger partial charge in [-0.2, -0.15) is 9.97 Å². The summed E-state index contributed by atoms with van der Waals surface area (Å²) in [5.41, 5.74) is 7.31. The van der Waals surface area contributed by atoms with Crippen LogP contribution >= 0.6 is 0 Å². The standard InChI is InChI=1S/C15H23N7O/c1-21(2)6-5-17-13-12-14(20-15(16)19-13)22(9-18-12)11-4-3-10(7-11)8-23/h3-4,9-11,23H,5-8H2,1-2H3,(H3,16,17,19,20)/t10-,11+/m0/s1. The monoisotopic (exact) mass is 317 g/mol. The molecule has 2 aromatic heterocycles. The number of nitrogens with two attached hydrogens (primary N) is 1. The Balaban J connectivity index is 1.88. The van der Waals surface area contributed by atoms with Crippen molar-refractivity contribution in [1.29, 1.82) is 0 Å². The largest absolute Gasteiger partial charge is 0.396 e. The summed E-state index contributed by atoms with van der Waals surface area (Å²) in [5, 5.41) is 12.6. The highest BCUT2D eigenvalue weighted by atomic mass is 16.3. The zero-order chi connectivity index (χ0) is 16.4. The lowest BCUT2D eigenvalue weighted by molar-refractivity contribution is 0.244. The normalized spacial score (nSPS) is 20.7. The van der Waals surface area contributed by atoms with E-state index in [1.54, 1.807) is 6.33 Å². The van der Waals surface area contributed by atoms with Crippen LogP contribution in [0.2, 0.25) is 0 Å². The van der Waals surface area contributed by atoms with Crippen molar-refractivity contribution in [3.8, 4) is 0 Å². The molecule has 2 heterocycles. The van der Waals surface area contributed by atoms with E-state index in [0.29, 0.717) is 5.82 Å². The van der Waals surface area contributed by atoms with E-state index in [2.05, 4.69) is 31.2 Å². The van der Waals surface area contributed by atoms with Gasteiger partial charge in [0.2, 0.25) is 5.95 Å². The molecule has 0 aliphatic heterocycles. The van der Waals surface area contributed by atoms with Gasteiger partial charge in [0, 0.05) is 25.6 Å². The summed E-state index contributed by atoms with van der Waals surface area (Å²) < 4.78 is 2.00. The van der Waals surface area contributed by atoms with Crippen LogP contribution in [0.25, 0.3) is 11.2 Å². The quantitative estimate of drug-likeness (QED) is 0.666. The molecule has 0 saturated carbocycles. The number of aliphatic hydroxyl groups is 1. The molecule has 0 unspecified atom stereocenters. The van der Waals surface area contributed by atoms with Crippen molar-refractivity contribution < 1.29 is 5.11 Å². The molecule has 8 heteroatoms. The van der Waals surface area contributed by atoms with Gasteiger partial charge >= 0.3 is 0 Å². The highest BCUT2D eigenvalue weighted by Gasteiger charge is 2.23. The molecular formula is C15H23N7O. The first kappa shape index (κ1) is 15.7. The van der Waals surface area contributed by atoms with Gasteiger partial charge in [0.1, 0.15) is 0 Å². The first-order chi connectivity index (χ1) is 11.1. The van der Waals surface area contributed by atoms with E-state index in [1.165, 1.54) is 0 Å². The maximum absolute atomic E-state index is 9.29. The van der Waals surface area contributed by atoms with Crippen LogP contribution < -0.4 is 11.1 Å². The van der Waals surface area contributed by atoms with Gasteiger partial charge in [-0.3, -0.25) is 0 Å². The van der Waals surface area contributed by atoms with Gasteiger partial charge in [-0.15, -0.1) is 0 Å². The lowest BCUT2D eigenvalue weighted by Gasteiger charge is -2.14. The van der Waals surface area contributed by atoms with Gasteiger partial charge in [-0.1, -0.05) is 12.2 Å². The van der Waals surface area contributed by atoms with E-state index in [-0.39, 0.29) is 24.5 Å². The minimum Gasteiger partial charge on any atom is -0.396 e. The summed E-state index contributed by atoms with van der Waals surface area (Å²) >= 11 is 0. The van der Waals surface area contributed by atoms with Crippen LogP contribution in [0.5, 0.6) is 0 Å². The van der Waals surface area contributed by atoms with Gasteiger partial charge in [0.05, 0.1) is 12.4 Å². The van der Waals surface area contributed by atoms with Gasteiger partial charge in [0.15, 0.2) is 17.0 Å². The third-order valence-corrected chi connectivity index (χ3v) is 4.03. The van der Waals surface area contributed by atoms with Crippen LogP contribution in [0.1, 0.15) is 12.5 Å². The van der Waals surface area contributed by atoms with Crippen LogP contribution in [0.3, 0.4) is 0 Å². The van der Waals surface area contributed by atoms with Crippen molar-refractivity contribution >= 4 is 22.9 Å². The molecule has 1 aliphatic rings. The molecule has 0 saturated heterocycles. The number of aromatic nitrogens is 4. The van der Waals surface area contributed by atoms with Crippen molar-refractivity contribution in [3.63, 3.8) is 0 Å². The topological polar surface area (TPSA) is 105 Å². The fourth-order valence-corrected chi connectivity index (χ4v) is 2.79. The Morgan fingerprint density at radius 2 is 2.22 bits per heavy atom. The molecule has 0 radical (unpaired) electrons. The summed E-state index contributed by atoms with van der Waals surface area (Å²) in [4.78, 5) is 15.2. The summed E-state index contributed by atoms with van der Waals surface area (Å²) in [6.07, 6.45) is 6.73. The fourth-order valence-electron chi connectivity index (χ4n) is 2.79. The summed E-state index contributed by atoms with van der Waals surface area (Å²) in [6.45, 7) is 1.80. The van der Waals surface area contributed by atoms with Crippen LogP contribution in [-0.2, 0) is 0 Å². The number of aliphatic hydroxyl groups excluding tert-OH is 1. The number of nitrogen functional groups attached to an aromatic ring is 1. The predicted molar refractivity (Wildman–Crippen MR) is 90.1 cm³/mol. The van der Waals surface area contributed by atoms with Crippen molar-refractivity contribution in [2.24, 2.45) is 5.92 Å². The minimum atomic E-state index is 0.140. The Morgan fingerprint density at radius 1 is 1.39 bits per heavy atom. The van der Waals surface area contributed by atoms with Crippen molar-refractivity contribution in [2.75, 3.05) is 44.8 Å². The molecule has 0 bridgehead atoms. The molecule has 23 heavy (non-hydrogen) atoms. The van der Waals surface area contributed by atoms with Crippen molar-refractivity contribution in [2.45, 2.75) is 12.5 Å². The Kier molecular flexibility index (Phi) is 4.44. The minimum absolute atomic E-state index is 0.140. The molecule has 124 valence electrons. The lowest BCUT2D eigenvalue weighted by atomic mass is 10.1. The second kappa shape index (κ2) is 6.51. The molecule has 2 atom stereocenters.